The first-order valence-electron chi connectivity index (χ1n) is 3.50. The van der Waals surface area contributed by atoms with Gasteiger partial charge in [-0.15, -0.1) is 0 Å². The molecular formula is C8H5ClFNO3. The van der Waals surface area contributed by atoms with E-state index in [1.54, 1.807) is 0 Å². The summed E-state index contributed by atoms with van der Waals surface area (Å²) in [5, 5.41) is 17.9. The number of halogens is 2. The summed E-state index contributed by atoms with van der Waals surface area (Å²) in [5.41, 5.74) is -0.335. The molecule has 1 aromatic rings. The number of hydrogen-bond acceptors (Lipinski definition) is 4. The van der Waals surface area contributed by atoms with E-state index in [2.05, 4.69) is 4.99 Å². The van der Waals surface area contributed by atoms with Crippen LogP contribution >= 0.6 is 11.6 Å². The van der Waals surface area contributed by atoms with Crippen LogP contribution in [0.5, 0.6) is 11.5 Å². The molecule has 0 saturated carbocycles. The second-order valence-corrected chi connectivity index (χ2v) is 2.83. The number of benzene rings is 1. The molecule has 74 valence electrons. The highest BCUT2D eigenvalue weighted by atomic mass is 35.5. The molecule has 2 N–H and O–H groups in total. The summed E-state index contributed by atoms with van der Waals surface area (Å²) in [7, 11) is 0. The molecule has 0 saturated heterocycles. The molecule has 0 atom stereocenters. The Morgan fingerprint density at radius 2 is 2.21 bits per heavy atom. The summed E-state index contributed by atoms with van der Waals surface area (Å²) in [5.74, 6) is -2.15. The van der Waals surface area contributed by atoms with Gasteiger partial charge in [-0.2, -0.15) is 0 Å². The number of isocyanates is 1. The third-order valence-electron chi connectivity index (χ3n) is 1.57. The summed E-state index contributed by atoms with van der Waals surface area (Å²) in [6.07, 6.45) is 1.18. The molecule has 0 aliphatic rings. The van der Waals surface area contributed by atoms with Crippen molar-refractivity contribution in [3.05, 3.63) is 22.5 Å². The fourth-order valence-electron chi connectivity index (χ4n) is 0.910. The molecule has 4 nitrogen and oxygen atoms in total. The third kappa shape index (κ3) is 1.84. The van der Waals surface area contributed by atoms with E-state index in [9.17, 15) is 14.3 Å². The van der Waals surface area contributed by atoms with Gasteiger partial charge in [0.15, 0.2) is 17.3 Å². The van der Waals surface area contributed by atoms with Gasteiger partial charge >= 0.3 is 0 Å². The molecule has 0 amide bonds. The maximum Gasteiger partial charge on any atom is 0.235 e. The maximum atomic E-state index is 13.2. The number of hydrogen-bond donors (Lipinski definition) is 2. The van der Waals surface area contributed by atoms with Crippen molar-refractivity contribution in [1.82, 2.24) is 0 Å². The van der Waals surface area contributed by atoms with Crippen LogP contribution in [0.2, 0.25) is 5.02 Å². The molecule has 0 aromatic heterocycles. The van der Waals surface area contributed by atoms with Crippen molar-refractivity contribution in [2.45, 2.75) is 6.54 Å². The Bertz CT molecular complexity index is 389. The Labute approximate surface area is 83.3 Å². The minimum atomic E-state index is -0.916. The molecule has 0 radical (unpaired) electrons. The number of aliphatic imine (C=N–C) groups is 1. The van der Waals surface area contributed by atoms with Gasteiger partial charge in [-0.3, -0.25) is 0 Å². The first kappa shape index (κ1) is 10.5. The Kier molecular flexibility index (Phi) is 3.06. The lowest BCUT2D eigenvalue weighted by atomic mass is 10.1. The highest BCUT2D eigenvalue weighted by Crippen LogP contribution is 2.35. The Hall–Kier alpha value is -1.58. The maximum absolute atomic E-state index is 13.2. The highest BCUT2D eigenvalue weighted by molar-refractivity contribution is 6.31. The van der Waals surface area contributed by atoms with Crippen LogP contribution in [0, 0.1) is 5.82 Å². The molecule has 0 spiro atoms. The lowest BCUT2D eigenvalue weighted by molar-refractivity contribution is 0.394. The summed E-state index contributed by atoms with van der Waals surface area (Å²) in [6.45, 7) is -0.421. The molecule has 0 unspecified atom stereocenters. The predicted octanol–water partition coefficient (Wildman–Crippen LogP) is 1.73. The molecule has 1 aromatic carbocycles. The number of phenols is 2. The first-order chi connectivity index (χ1) is 6.57. The average Bonchev–Trinajstić information content (AvgIpc) is 2.15. The van der Waals surface area contributed by atoms with E-state index in [-0.39, 0.29) is 10.6 Å². The molecule has 14 heavy (non-hydrogen) atoms. The molecule has 0 fully saturated rings. The summed E-state index contributed by atoms with van der Waals surface area (Å²) < 4.78 is 13.2. The van der Waals surface area contributed by atoms with Crippen LogP contribution in [-0.2, 0) is 11.3 Å². The van der Waals surface area contributed by atoms with E-state index in [0.29, 0.717) is 0 Å². The number of rotatable bonds is 2. The molecule has 6 heteroatoms. The quantitative estimate of drug-likeness (QED) is 0.450. The molecule has 0 aliphatic heterocycles. The van der Waals surface area contributed by atoms with Gasteiger partial charge in [-0.1, -0.05) is 11.6 Å². The summed E-state index contributed by atoms with van der Waals surface area (Å²) in [6, 6.07) is 0.861. The van der Waals surface area contributed by atoms with Gasteiger partial charge in [-0.05, 0) is 0 Å². The van der Waals surface area contributed by atoms with E-state index >= 15 is 0 Å². The molecular weight excluding hydrogens is 213 g/mol. The van der Waals surface area contributed by atoms with Gasteiger partial charge in [0.05, 0.1) is 17.1 Å². The Balaban J connectivity index is 3.31. The van der Waals surface area contributed by atoms with Gasteiger partial charge in [0, 0.05) is 6.07 Å². The zero-order chi connectivity index (χ0) is 10.7. The highest BCUT2D eigenvalue weighted by Gasteiger charge is 2.15. The lowest BCUT2D eigenvalue weighted by Crippen LogP contribution is -1.91. The minimum absolute atomic E-state index is 0.335. The van der Waals surface area contributed by atoms with Crippen LogP contribution in [0.15, 0.2) is 11.1 Å². The molecule has 0 heterocycles. The monoisotopic (exact) mass is 217 g/mol. The summed E-state index contributed by atoms with van der Waals surface area (Å²) >= 11 is 5.38. The largest absolute Gasteiger partial charge is 0.504 e. The van der Waals surface area contributed by atoms with Gasteiger partial charge in [0.25, 0.3) is 0 Å². The van der Waals surface area contributed by atoms with Crippen LogP contribution in [0.25, 0.3) is 0 Å². The molecule has 0 aliphatic carbocycles. The summed E-state index contributed by atoms with van der Waals surface area (Å²) in [4.78, 5) is 12.9. The number of carbonyl (C=O) groups excluding carboxylic acids is 1. The molecule has 1 rings (SSSR count). The zero-order valence-electron chi connectivity index (χ0n) is 6.79. The Morgan fingerprint density at radius 1 is 1.57 bits per heavy atom. The SMILES string of the molecule is O=C=NCc1c(O)c(O)cc(Cl)c1F. The van der Waals surface area contributed by atoms with Crippen LogP contribution in [0.1, 0.15) is 5.56 Å². The zero-order valence-corrected chi connectivity index (χ0v) is 7.55. The van der Waals surface area contributed by atoms with Crippen LogP contribution in [-0.4, -0.2) is 16.3 Å². The van der Waals surface area contributed by atoms with E-state index in [0.717, 1.165) is 6.07 Å². The van der Waals surface area contributed by atoms with Gasteiger partial charge in [0.2, 0.25) is 6.08 Å². The fourth-order valence-corrected chi connectivity index (χ4v) is 1.13. The topological polar surface area (TPSA) is 69.9 Å². The van der Waals surface area contributed by atoms with Crippen LogP contribution < -0.4 is 0 Å². The third-order valence-corrected chi connectivity index (χ3v) is 1.84. The van der Waals surface area contributed by atoms with Crippen molar-refractivity contribution in [3.8, 4) is 11.5 Å². The van der Waals surface area contributed by atoms with Crippen molar-refractivity contribution in [3.63, 3.8) is 0 Å². The average molecular weight is 218 g/mol. The van der Waals surface area contributed by atoms with E-state index in [4.69, 9.17) is 16.7 Å². The van der Waals surface area contributed by atoms with E-state index < -0.39 is 23.9 Å². The van der Waals surface area contributed by atoms with Crippen LogP contribution in [0.4, 0.5) is 4.39 Å². The van der Waals surface area contributed by atoms with E-state index in [1.807, 2.05) is 0 Å². The normalized spacial score (nSPS) is 9.57. The lowest BCUT2D eigenvalue weighted by Gasteiger charge is -2.05. The van der Waals surface area contributed by atoms with Crippen LogP contribution in [0.3, 0.4) is 0 Å². The predicted molar refractivity (Wildman–Crippen MR) is 46.6 cm³/mol. The standard InChI is InChI=1S/C8H5ClFNO3/c9-5-1-6(13)8(14)4(7(5)10)2-11-3-12/h1,13-14H,2H2. The first-order valence-corrected chi connectivity index (χ1v) is 3.88. The number of phenolic OH excluding ortho intramolecular Hbond substituents is 2. The van der Waals surface area contributed by atoms with Gasteiger partial charge < -0.3 is 10.2 Å². The smallest absolute Gasteiger partial charge is 0.235 e. The Morgan fingerprint density at radius 3 is 2.79 bits per heavy atom. The fraction of sp³-hybridized carbons (Fsp3) is 0.125. The van der Waals surface area contributed by atoms with Crippen molar-refractivity contribution in [1.29, 1.82) is 0 Å². The van der Waals surface area contributed by atoms with Gasteiger partial charge in [-0.25, -0.2) is 14.2 Å². The van der Waals surface area contributed by atoms with Crippen molar-refractivity contribution in [2.24, 2.45) is 4.99 Å². The van der Waals surface area contributed by atoms with Crippen molar-refractivity contribution >= 4 is 17.7 Å². The number of aromatic hydroxyl groups is 2. The molecule has 0 bridgehead atoms. The second kappa shape index (κ2) is 4.09. The van der Waals surface area contributed by atoms with Crippen molar-refractivity contribution in [2.75, 3.05) is 0 Å². The van der Waals surface area contributed by atoms with Crippen molar-refractivity contribution < 1.29 is 19.4 Å². The minimum Gasteiger partial charge on any atom is -0.504 e. The number of nitrogens with zero attached hydrogens (tertiary/aromatic N) is 1. The second-order valence-electron chi connectivity index (χ2n) is 2.43. The van der Waals surface area contributed by atoms with E-state index in [1.165, 1.54) is 6.08 Å². The van der Waals surface area contributed by atoms with Gasteiger partial charge in [0.1, 0.15) is 0 Å².